The predicted molar refractivity (Wildman–Crippen MR) is 65.5 cm³/mol. The van der Waals surface area contributed by atoms with Gasteiger partial charge in [0.25, 0.3) is 11.6 Å². The zero-order valence-electron chi connectivity index (χ0n) is 10.6. The Kier molecular flexibility index (Phi) is 3.64. The second-order valence-corrected chi connectivity index (χ2v) is 4.56. The molecule has 6 nitrogen and oxygen atoms in total. The Morgan fingerprint density at radius 1 is 1.61 bits per heavy atom. The first-order valence-electron chi connectivity index (χ1n) is 5.99. The summed E-state index contributed by atoms with van der Waals surface area (Å²) in [5.41, 5.74) is 0.299. The molecule has 0 spiro atoms. The van der Waals surface area contributed by atoms with E-state index in [1.165, 1.54) is 30.6 Å². The lowest BCUT2D eigenvalue weighted by Gasteiger charge is -2.10. The van der Waals surface area contributed by atoms with Gasteiger partial charge in [0.15, 0.2) is 0 Å². The number of carbonyl (C=O) groups excluding carboxylic acids is 1. The molecule has 1 fully saturated rings. The monoisotopic (exact) mass is 251 g/mol. The van der Waals surface area contributed by atoms with Crippen molar-refractivity contribution in [3.63, 3.8) is 0 Å². The van der Waals surface area contributed by atoms with Gasteiger partial charge in [-0.1, -0.05) is 0 Å². The summed E-state index contributed by atoms with van der Waals surface area (Å²) in [4.78, 5) is 27.5. The van der Waals surface area contributed by atoms with Gasteiger partial charge in [-0.25, -0.2) is 4.98 Å². The number of methoxy groups -OCH3 is 1. The number of amides is 1. The largest absolute Gasteiger partial charge is 0.468 e. The lowest BCUT2D eigenvalue weighted by molar-refractivity contribution is -0.121. The van der Waals surface area contributed by atoms with Gasteiger partial charge in [0.05, 0.1) is 7.11 Å². The molecule has 6 heteroatoms. The molecule has 98 valence electrons. The van der Waals surface area contributed by atoms with Crippen molar-refractivity contribution in [3.05, 3.63) is 22.1 Å². The molecule has 0 atom stereocenters. The highest BCUT2D eigenvalue weighted by Crippen LogP contribution is 2.27. The number of carbonyl (C=O) groups is 1. The van der Waals surface area contributed by atoms with E-state index in [0.717, 1.165) is 0 Å². The van der Waals surface area contributed by atoms with Crippen molar-refractivity contribution in [3.8, 4) is 6.01 Å². The first-order chi connectivity index (χ1) is 8.60. The summed E-state index contributed by atoms with van der Waals surface area (Å²) in [6, 6.07) is 1.55. The van der Waals surface area contributed by atoms with Gasteiger partial charge in [0.1, 0.15) is 6.54 Å². The van der Waals surface area contributed by atoms with Gasteiger partial charge in [0.2, 0.25) is 5.91 Å². The number of hydrogen-bond acceptors (Lipinski definition) is 4. The van der Waals surface area contributed by atoms with Gasteiger partial charge in [-0.05, 0) is 25.7 Å². The molecule has 1 amide bonds. The van der Waals surface area contributed by atoms with E-state index in [9.17, 15) is 9.59 Å². The van der Waals surface area contributed by atoms with Crippen molar-refractivity contribution in [2.45, 2.75) is 26.3 Å². The van der Waals surface area contributed by atoms with Crippen molar-refractivity contribution < 1.29 is 9.53 Å². The Bertz CT molecular complexity index is 506. The molecule has 2 rings (SSSR count). The fourth-order valence-electron chi connectivity index (χ4n) is 1.68. The molecular formula is C12H17N3O3. The van der Waals surface area contributed by atoms with Crippen LogP contribution in [0.5, 0.6) is 6.01 Å². The SMILES string of the molecule is COc1nc(C)cc(=O)n1CC(=O)NCC1CC1. The standard InChI is InChI=1S/C12H17N3O3/c1-8-5-11(17)15(12(14-8)18-2)7-10(16)13-6-9-3-4-9/h5,9H,3-4,6-7H2,1-2H3,(H,13,16). The third-order valence-corrected chi connectivity index (χ3v) is 2.87. The Labute approximate surface area is 105 Å². The van der Waals surface area contributed by atoms with Crippen LogP contribution in [0.1, 0.15) is 18.5 Å². The van der Waals surface area contributed by atoms with Crippen LogP contribution in [-0.2, 0) is 11.3 Å². The van der Waals surface area contributed by atoms with Gasteiger partial charge in [0, 0.05) is 18.3 Å². The third kappa shape index (κ3) is 3.09. The zero-order chi connectivity index (χ0) is 13.1. The Hall–Kier alpha value is -1.85. The average Bonchev–Trinajstić information content (AvgIpc) is 3.13. The summed E-state index contributed by atoms with van der Waals surface area (Å²) in [7, 11) is 1.43. The second kappa shape index (κ2) is 5.20. The average molecular weight is 251 g/mol. The Morgan fingerprint density at radius 3 is 2.94 bits per heavy atom. The third-order valence-electron chi connectivity index (χ3n) is 2.87. The van der Waals surface area contributed by atoms with E-state index >= 15 is 0 Å². The minimum atomic E-state index is -0.277. The highest BCUT2D eigenvalue weighted by Gasteiger charge is 2.22. The lowest BCUT2D eigenvalue weighted by Crippen LogP contribution is -2.34. The van der Waals surface area contributed by atoms with Crippen LogP contribution < -0.4 is 15.6 Å². The Morgan fingerprint density at radius 2 is 2.33 bits per heavy atom. The molecule has 1 aromatic rings. The fourth-order valence-corrected chi connectivity index (χ4v) is 1.68. The summed E-state index contributed by atoms with van der Waals surface area (Å²) in [5.74, 6) is 0.427. The first-order valence-corrected chi connectivity index (χ1v) is 5.99. The molecule has 1 aliphatic carbocycles. The van der Waals surface area contributed by atoms with E-state index in [4.69, 9.17) is 4.74 Å². The van der Waals surface area contributed by atoms with Crippen LogP contribution in [0.15, 0.2) is 10.9 Å². The van der Waals surface area contributed by atoms with Crippen LogP contribution in [0.25, 0.3) is 0 Å². The van der Waals surface area contributed by atoms with Gasteiger partial charge >= 0.3 is 0 Å². The van der Waals surface area contributed by atoms with Gasteiger partial charge < -0.3 is 10.1 Å². The quantitative estimate of drug-likeness (QED) is 0.804. The first kappa shape index (κ1) is 12.6. The van der Waals surface area contributed by atoms with Crippen LogP contribution in [0.4, 0.5) is 0 Å². The number of ether oxygens (including phenoxy) is 1. The van der Waals surface area contributed by atoms with E-state index in [2.05, 4.69) is 10.3 Å². The van der Waals surface area contributed by atoms with Crippen LogP contribution in [0.3, 0.4) is 0 Å². The van der Waals surface area contributed by atoms with Crippen molar-refractivity contribution >= 4 is 5.91 Å². The number of rotatable bonds is 5. The van der Waals surface area contributed by atoms with Crippen LogP contribution in [0, 0.1) is 12.8 Å². The van der Waals surface area contributed by atoms with E-state index in [-0.39, 0.29) is 24.0 Å². The summed E-state index contributed by atoms with van der Waals surface area (Å²) in [6.07, 6.45) is 2.35. The minimum absolute atomic E-state index is 0.0536. The van der Waals surface area contributed by atoms with Crippen molar-refractivity contribution in [2.75, 3.05) is 13.7 Å². The number of aryl methyl sites for hydroxylation is 1. The van der Waals surface area contributed by atoms with Crippen molar-refractivity contribution in [1.29, 1.82) is 0 Å². The van der Waals surface area contributed by atoms with Crippen molar-refractivity contribution in [2.24, 2.45) is 5.92 Å². The summed E-state index contributed by atoms with van der Waals surface area (Å²) >= 11 is 0. The molecule has 0 unspecified atom stereocenters. The molecule has 1 N–H and O–H groups in total. The normalized spacial score (nSPS) is 14.3. The molecule has 18 heavy (non-hydrogen) atoms. The maximum atomic E-state index is 11.8. The van der Waals surface area contributed by atoms with Crippen molar-refractivity contribution in [1.82, 2.24) is 14.9 Å². The minimum Gasteiger partial charge on any atom is -0.468 e. The van der Waals surface area contributed by atoms with E-state index < -0.39 is 0 Å². The smallest absolute Gasteiger partial charge is 0.299 e. The van der Waals surface area contributed by atoms with Gasteiger partial charge in [-0.15, -0.1) is 0 Å². The molecule has 0 radical (unpaired) electrons. The van der Waals surface area contributed by atoms with Gasteiger partial charge in [-0.3, -0.25) is 14.2 Å². The molecule has 1 aliphatic rings. The predicted octanol–water partition coefficient (Wildman–Crippen LogP) is 0.0865. The van der Waals surface area contributed by atoms with Crippen LogP contribution >= 0.6 is 0 Å². The molecule has 0 bridgehead atoms. The van der Waals surface area contributed by atoms with E-state index in [0.29, 0.717) is 18.2 Å². The van der Waals surface area contributed by atoms with Crippen LogP contribution in [0.2, 0.25) is 0 Å². The number of aromatic nitrogens is 2. The maximum absolute atomic E-state index is 11.8. The summed E-state index contributed by atoms with van der Waals surface area (Å²) in [5, 5.41) is 2.80. The highest BCUT2D eigenvalue weighted by atomic mass is 16.5. The lowest BCUT2D eigenvalue weighted by atomic mass is 10.4. The maximum Gasteiger partial charge on any atom is 0.299 e. The fraction of sp³-hybridized carbons (Fsp3) is 0.583. The summed E-state index contributed by atoms with van der Waals surface area (Å²) < 4.78 is 6.25. The molecule has 0 aliphatic heterocycles. The number of hydrogen-bond donors (Lipinski definition) is 1. The van der Waals surface area contributed by atoms with E-state index in [1.807, 2.05) is 0 Å². The highest BCUT2D eigenvalue weighted by molar-refractivity contribution is 5.75. The number of nitrogens with one attached hydrogen (secondary N) is 1. The summed E-state index contributed by atoms with van der Waals surface area (Å²) in [6.45, 7) is 2.35. The molecule has 0 saturated heterocycles. The topological polar surface area (TPSA) is 73.2 Å². The molecule has 1 heterocycles. The zero-order valence-corrected chi connectivity index (χ0v) is 10.6. The number of nitrogens with zero attached hydrogens (tertiary/aromatic N) is 2. The Balaban J connectivity index is 2.06. The van der Waals surface area contributed by atoms with E-state index in [1.54, 1.807) is 6.92 Å². The molecular weight excluding hydrogens is 234 g/mol. The molecule has 1 aromatic heterocycles. The molecule has 0 aromatic carbocycles. The molecule has 1 saturated carbocycles. The van der Waals surface area contributed by atoms with Gasteiger partial charge in [-0.2, -0.15) is 0 Å². The second-order valence-electron chi connectivity index (χ2n) is 4.56. The van der Waals surface area contributed by atoms with Crippen LogP contribution in [-0.4, -0.2) is 29.1 Å².